The predicted molar refractivity (Wildman–Crippen MR) is 72.2 cm³/mol. The Bertz CT molecular complexity index is 657. The molecule has 0 bridgehead atoms. The molecule has 1 atom stereocenters. The van der Waals surface area contributed by atoms with E-state index < -0.39 is 22.3 Å². The van der Waals surface area contributed by atoms with E-state index in [1.54, 1.807) is 30.2 Å². The minimum absolute atomic E-state index is 0.0422. The van der Waals surface area contributed by atoms with E-state index in [1.807, 2.05) is 0 Å². The van der Waals surface area contributed by atoms with Crippen LogP contribution in [0.4, 0.5) is 10.1 Å². The van der Waals surface area contributed by atoms with Crippen molar-refractivity contribution in [3.05, 3.63) is 58.4 Å². The number of nitrogens with one attached hydrogen (secondary N) is 1. The second-order valence-electron chi connectivity index (χ2n) is 4.56. The number of nitro benzene ring substituents is 1. The number of nitrogens with zero attached hydrogens (tertiary/aromatic N) is 3. The topological polar surface area (TPSA) is 90.1 Å². The lowest BCUT2D eigenvalue weighted by molar-refractivity contribution is -0.387. The minimum atomic E-state index is -0.969. The van der Waals surface area contributed by atoms with Crippen LogP contribution in [0, 0.1) is 15.9 Å². The average molecular weight is 292 g/mol. The normalized spacial score (nSPS) is 11.9. The van der Waals surface area contributed by atoms with Crippen molar-refractivity contribution in [3.63, 3.8) is 0 Å². The fourth-order valence-electron chi connectivity index (χ4n) is 1.86. The van der Waals surface area contributed by atoms with Gasteiger partial charge < -0.3 is 9.88 Å². The summed E-state index contributed by atoms with van der Waals surface area (Å²) in [6.45, 7) is 2.30. The standard InChI is InChI=1S/C13H13FN4O3/c1-9(7-17-5-4-15-8-17)16-13(19)10-2-3-11(14)12(6-10)18(20)21/h2-6,8-9H,7H2,1H3,(H,16,19). The number of nitro groups is 1. The van der Waals surface area contributed by atoms with Gasteiger partial charge in [0.2, 0.25) is 5.82 Å². The Labute approximate surface area is 119 Å². The zero-order valence-corrected chi connectivity index (χ0v) is 11.2. The summed E-state index contributed by atoms with van der Waals surface area (Å²) in [5.41, 5.74) is -0.675. The fourth-order valence-corrected chi connectivity index (χ4v) is 1.86. The number of halogens is 1. The molecule has 0 spiro atoms. The summed E-state index contributed by atoms with van der Waals surface area (Å²) >= 11 is 0. The van der Waals surface area contributed by atoms with Crippen LogP contribution in [0.3, 0.4) is 0 Å². The number of hydrogen-bond acceptors (Lipinski definition) is 4. The predicted octanol–water partition coefficient (Wildman–Crippen LogP) is 1.75. The Morgan fingerprint density at radius 1 is 1.57 bits per heavy atom. The van der Waals surface area contributed by atoms with E-state index in [1.165, 1.54) is 6.07 Å². The Hall–Kier alpha value is -2.77. The van der Waals surface area contributed by atoms with Crippen molar-refractivity contribution in [1.29, 1.82) is 0 Å². The molecule has 0 fully saturated rings. The molecule has 0 aliphatic carbocycles. The second kappa shape index (κ2) is 6.12. The van der Waals surface area contributed by atoms with E-state index in [2.05, 4.69) is 10.3 Å². The molecule has 1 amide bonds. The zero-order valence-electron chi connectivity index (χ0n) is 11.2. The molecule has 1 aromatic carbocycles. The largest absolute Gasteiger partial charge is 0.348 e. The lowest BCUT2D eigenvalue weighted by Crippen LogP contribution is -2.35. The number of amides is 1. The number of carbonyl (C=O) groups excluding carboxylic acids is 1. The molecule has 0 radical (unpaired) electrons. The van der Waals surface area contributed by atoms with Crippen LogP contribution in [0.1, 0.15) is 17.3 Å². The van der Waals surface area contributed by atoms with Crippen LogP contribution in [0.5, 0.6) is 0 Å². The molecule has 0 saturated heterocycles. The van der Waals surface area contributed by atoms with Crippen molar-refractivity contribution in [2.75, 3.05) is 0 Å². The highest BCUT2D eigenvalue weighted by molar-refractivity contribution is 5.95. The molecule has 1 heterocycles. The van der Waals surface area contributed by atoms with Gasteiger partial charge in [0, 0.05) is 36.6 Å². The zero-order chi connectivity index (χ0) is 15.4. The summed E-state index contributed by atoms with van der Waals surface area (Å²) in [6.07, 6.45) is 4.99. The van der Waals surface area contributed by atoms with Crippen LogP contribution >= 0.6 is 0 Å². The van der Waals surface area contributed by atoms with Gasteiger partial charge in [0.05, 0.1) is 11.3 Å². The maximum absolute atomic E-state index is 13.2. The summed E-state index contributed by atoms with van der Waals surface area (Å²) in [7, 11) is 0. The monoisotopic (exact) mass is 292 g/mol. The Morgan fingerprint density at radius 3 is 2.95 bits per heavy atom. The molecule has 2 rings (SSSR count). The molecule has 0 saturated carbocycles. The van der Waals surface area contributed by atoms with Gasteiger partial charge in [-0.1, -0.05) is 0 Å². The number of imidazole rings is 1. The number of aromatic nitrogens is 2. The molecular weight excluding hydrogens is 279 g/mol. The third-order valence-electron chi connectivity index (χ3n) is 2.83. The molecule has 110 valence electrons. The first kappa shape index (κ1) is 14.6. The van der Waals surface area contributed by atoms with E-state index >= 15 is 0 Å². The van der Waals surface area contributed by atoms with Gasteiger partial charge >= 0.3 is 5.69 Å². The Kier molecular flexibility index (Phi) is 4.27. The van der Waals surface area contributed by atoms with Crippen LogP contribution in [-0.4, -0.2) is 26.4 Å². The average Bonchev–Trinajstić information content (AvgIpc) is 2.91. The summed E-state index contributed by atoms with van der Waals surface area (Å²) in [4.78, 5) is 25.7. The molecule has 0 aliphatic heterocycles. The molecule has 21 heavy (non-hydrogen) atoms. The quantitative estimate of drug-likeness (QED) is 0.671. The molecule has 1 unspecified atom stereocenters. The van der Waals surface area contributed by atoms with Gasteiger partial charge in [-0.2, -0.15) is 4.39 Å². The molecule has 1 aromatic heterocycles. The van der Waals surface area contributed by atoms with E-state index in [0.29, 0.717) is 6.54 Å². The lowest BCUT2D eigenvalue weighted by Gasteiger charge is -2.14. The van der Waals surface area contributed by atoms with Crippen molar-refractivity contribution in [2.24, 2.45) is 0 Å². The van der Waals surface area contributed by atoms with Crippen LogP contribution < -0.4 is 5.32 Å². The van der Waals surface area contributed by atoms with Crippen molar-refractivity contribution in [2.45, 2.75) is 19.5 Å². The lowest BCUT2D eigenvalue weighted by atomic mass is 10.1. The highest BCUT2D eigenvalue weighted by atomic mass is 19.1. The first-order valence-electron chi connectivity index (χ1n) is 6.18. The van der Waals surface area contributed by atoms with Crippen molar-refractivity contribution in [1.82, 2.24) is 14.9 Å². The summed E-state index contributed by atoms with van der Waals surface area (Å²) in [6, 6.07) is 2.83. The van der Waals surface area contributed by atoms with Gasteiger partial charge in [0.15, 0.2) is 0 Å². The van der Waals surface area contributed by atoms with Crippen LogP contribution in [0.15, 0.2) is 36.9 Å². The molecule has 1 N–H and O–H groups in total. The van der Waals surface area contributed by atoms with Crippen molar-refractivity contribution in [3.8, 4) is 0 Å². The highest BCUT2D eigenvalue weighted by Crippen LogP contribution is 2.18. The molecule has 2 aromatic rings. The number of hydrogen-bond donors (Lipinski definition) is 1. The summed E-state index contributed by atoms with van der Waals surface area (Å²) in [5, 5.41) is 13.3. The Morgan fingerprint density at radius 2 is 2.33 bits per heavy atom. The van der Waals surface area contributed by atoms with Crippen LogP contribution in [0.25, 0.3) is 0 Å². The van der Waals surface area contributed by atoms with Gasteiger partial charge in [-0.05, 0) is 19.1 Å². The van der Waals surface area contributed by atoms with Gasteiger partial charge in [-0.25, -0.2) is 4.98 Å². The first-order valence-corrected chi connectivity index (χ1v) is 6.18. The molecule has 7 nitrogen and oxygen atoms in total. The SMILES string of the molecule is CC(Cn1ccnc1)NC(=O)c1ccc(F)c([N+](=O)[O-])c1. The van der Waals surface area contributed by atoms with E-state index in [4.69, 9.17) is 0 Å². The van der Waals surface area contributed by atoms with Crippen molar-refractivity contribution < 1.29 is 14.1 Å². The van der Waals surface area contributed by atoms with Gasteiger partial charge in [0.25, 0.3) is 5.91 Å². The van der Waals surface area contributed by atoms with Crippen LogP contribution in [0.2, 0.25) is 0 Å². The third kappa shape index (κ3) is 3.62. The van der Waals surface area contributed by atoms with Crippen LogP contribution in [-0.2, 0) is 6.54 Å². The number of benzene rings is 1. The highest BCUT2D eigenvalue weighted by Gasteiger charge is 2.18. The molecule has 8 heteroatoms. The number of rotatable bonds is 5. The maximum Gasteiger partial charge on any atom is 0.305 e. The summed E-state index contributed by atoms with van der Waals surface area (Å²) < 4.78 is 15.0. The van der Waals surface area contributed by atoms with Gasteiger partial charge in [-0.15, -0.1) is 0 Å². The smallest absolute Gasteiger partial charge is 0.305 e. The second-order valence-corrected chi connectivity index (χ2v) is 4.56. The maximum atomic E-state index is 13.2. The minimum Gasteiger partial charge on any atom is -0.348 e. The van der Waals surface area contributed by atoms with E-state index in [0.717, 1.165) is 12.1 Å². The van der Waals surface area contributed by atoms with Crippen molar-refractivity contribution >= 4 is 11.6 Å². The fraction of sp³-hybridized carbons (Fsp3) is 0.231. The van der Waals surface area contributed by atoms with Gasteiger partial charge in [0.1, 0.15) is 0 Å². The van der Waals surface area contributed by atoms with Gasteiger partial charge in [-0.3, -0.25) is 14.9 Å². The summed E-state index contributed by atoms with van der Waals surface area (Å²) in [5.74, 6) is -1.46. The Balaban J connectivity index is 2.06. The molecule has 0 aliphatic rings. The van der Waals surface area contributed by atoms with E-state index in [9.17, 15) is 19.3 Å². The third-order valence-corrected chi connectivity index (χ3v) is 2.83. The number of carbonyl (C=O) groups is 1. The van der Waals surface area contributed by atoms with E-state index in [-0.39, 0.29) is 11.6 Å². The molecular formula is C13H13FN4O3. The first-order chi connectivity index (χ1) is 9.97.